The third kappa shape index (κ3) is 2.27. The van der Waals surface area contributed by atoms with E-state index in [0.717, 1.165) is 19.3 Å². The normalized spacial score (nSPS) is 29.2. The number of carbonyl (C=O) groups is 1. The zero-order valence-corrected chi connectivity index (χ0v) is 10.8. The van der Waals surface area contributed by atoms with Gasteiger partial charge in [-0.2, -0.15) is 5.10 Å². The molecule has 1 saturated carbocycles. The molecule has 0 N–H and O–H groups in total. The average Bonchev–Trinajstić information content (AvgIpc) is 2.74. The Hall–Kier alpha value is -1.16. The summed E-state index contributed by atoms with van der Waals surface area (Å²) in [6.45, 7) is 2.18. The highest BCUT2D eigenvalue weighted by molar-refractivity contribution is 6.01. The zero-order chi connectivity index (χ0) is 12.5. The Morgan fingerprint density at radius 2 is 2.41 bits per heavy atom. The zero-order valence-electron chi connectivity index (χ0n) is 10.8. The first kappa shape index (κ1) is 12.3. The van der Waals surface area contributed by atoms with Crippen molar-refractivity contribution in [2.24, 2.45) is 13.0 Å². The number of aromatic nitrogens is 2. The van der Waals surface area contributed by atoms with Gasteiger partial charge < -0.3 is 4.74 Å². The first-order valence-electron chi connectivity index (χ1n) is 6.17. The molecule has 1 aromatic heterocycles. The molecule has 2 atom stereocenters. The van der Waals surface area contributed by atoms with Gasteiger partial charge >= 0.3 is 0 Å². The van der Waals surface area contributed by atoms with Gasteiger partial charge in [-0.25, -0.2) is 0 Å². The summed E-state index contributed by atoms with van der Waals surface area (Å²) in [4.78, 5) is 12.5. The van der Waals surface area contributed by atoms with E-state index < -0.39 is 5.60 Å². The minimum atomic E-state index is -0.647. The molecule has 4 nitrogen and oxygen atoms in total. The summed E-state index contributed by atoms with van der Waals surface area (Å²) in [7, 11) is 3.46. The van der Waals surface area contributed by atoms with Gasteiger partial charge in [-0.05, 0) is 31.2 Å². The van der Waals surface area contributed by atoms with Gasteiger partial charge in [0.05, 0.1) is 0 Å². The second-order valence-corrected chi connectivity index (χ2v) is 5.10. The third-order valence-corrected chi connectivity index (χ3v) is 3.71. The Morgan fingerprint density at radius 3 is 2.94 bits per heavy atom. The van der Waals surface area contributed by atoms with Crippen LogP contribution in [0.5, 0.6) is 0 Å². The number of ether oxygens (including phenoxy) is 1. The minimum absolute atomic E-state index is 0.0344. The predicted octanol–water partition coefficient (Wildman–Crippen LogP) is 2.20. The lowest BCUT2D eigenvalue weighted by Gasteiger charge is -2.37. The quantitative estimate of drug-likeness (QED) is 0.756. The lowest BCUT2D eigenvalue weighted by Crippen LogP contribution is -2.44. The van der Waals surface area contributed by atoms with Crippen LogP contribution in [0.2, 0.25) is 0 Å². The van der Waals surface area contributed by atoms with E-state index in [1.165, 1.54) is 6.42 Å². The van der Waals surface area contributed by atoms with Gasteiger partial charge in [-0.1, -0.05) is 13.3 Å². The molecule has 0 amide bonds. The lowest BCUT2D eigenvalue weighted by atomic mass is 9.75. The highest BCUT2D eigenvalue weighted by Crippen LogP contribution is 2.36. The maximum atomic E-state index is 12.5. The predicted molar refractivity (Wildman–Crippen MR) is 64.9 cm³/mol. The van der Waals surface area contributed by atoms with Gasteiger partial charge in [0.2, 0.25) is 5.78 Å². The molecule has 0 aromatic carbocycles. The molecule has 1 aliphatic rings. The van der Waals surface area contributed by atoms with Crippen molar-refractivity contribution in [1.82, 2.24) is 9.78 Å². The molecular formula is C13H20N2O2. The van der Waals surface area contributed by atoms with Gasteiger partial charge in [-0.3, -0.25) is 9.48 Å². The fourth-order valence-electron chi connectivity index (χ4n) is 2.76. The van der Waals surface area contributed by atoms with Crippen LogP contribution in [0.25, 0.3) is 0 Å². The van der Waals surface area contributed by atoms with Crippen molar-refractivity contribution in [2.75, 3.05) is 7.11 Å². The number of carbonyl (C=O) groups excluding carboxylic acids is 1. The Bertz CT molecular complexity index is 413. The molecule has 2 rings (SSSR count). The molecule has 0 spiro atoms. The van der Waals surface area contributed by atoms with Crippen LogP contribution in [0.4, 0.5) is 0 Å². The SMILES string of the molecule is COC1(C(=O)c2ccn(C)n2)CCCC(C)C1. The Morgan fingerprint density at radius 1 is 1.65 bits per heavy atom. The van der Waals surface area contributed by atoms with Crippen molar-refractivity contribution < 1.29 is 9.53 Å². The second-order valence-electron chi connectivity index (χ2n) is 5.10. The number of methoxy groups -OCH3 is 1. The van der Waals surface area contributed by atoms with Crippen LogP contribution in [-0.4, -0.2) is 28.3 Å². The summed E-state index contributed by atoms with van der Waals surface area (Å²) < 4.78 is 7.23. The molecule has 94 valence electrons. The van der Waals surface area contributed by atoms with Gasteiger partial charge in [0.1, 0.15) is 11.3 Å². The van der Waals surface area contributed by atoms with E-state index in [9.17, 15) is 4.79 Å². The van der Waals surface area contributed by atoms with Gasteiger partial charge in [0.25, 0.3) is 0 Å². The largest absolute Gasteiger partial charge is 0.370 e. The molecule has 17 heavy (non-hydrogen) atoms. The van der Waals surface area contributed by atoms with Crippen LogP contribution >= 0.6 is 0 Å². The smallest absolute Gasteiger partial charge is 0.214 e. The molecule has 1 aromatic rings. The minimum Gasteiger partial charge on any atom is -0.370 e. The fourth-order valence-corrected chi connectivity index (χ4v) is 2.76. The van der Waals surface area contributed by atoms with Crippen molar-refractivity contribution in [3.8, 4) is 0 Å². The molecule has 2 unspecified atom stereocenters. The molecule has 0 saturated heterocycles. The maximum absolute atomic E-state index is 12.5. The Kier molecular flexibility index (Phi) is 3.33. The summed E-state index contributed by atoms with van der Waals surface area (Å²) in [5.41, 5.74) is -0.130. The second kappa shape index (κ2) is 4.61. The molecular weight excluding hydrogens is 216 g/mol. The van der Waals surface area contributed by atoms with Crippen molar-refractivity contribution in [3.05, 3.63) is 18.0 Å². The standard InChI is InChI=1S/C13H20N2O2/c1-10-5-4-7-13(9-10,17-3)12(16)11-6-8-15(2)14-11/h6,8,10H,4-5,7,9H2,1-3H3. The van der Waals surface area contributed by atoms with Crippen LogP contribution < -0.4 is 0 Å². The number of hydrogen-bond donors (Lipinski definition) is 0. The van der Waals surface area contributed by atoms with Gasteiger partial charge in [0, 0.05) is 20.4 Å². The maximum Gasteiger partial charge on any atom is 0.214 e. The van der Waals surface area contributed by atoms with Crippen molar-refractivity contribution in [2.45, 2.75) is 38.2 Å². The summed E-state index contributed by atoms with van der Waals surface area (Å²) in [5.74, 6) is 0.573. The van der Waals surface area contributed by atoms with E-state index in [1.54, 1.807) is 24.1 Å². The topological polar surface area (TPSA) is 44.1 Å². The van der Waals surface area contributed by atoms with E-state index in [4.69, 9.17) is 4.74 Å². The van der Waals surface area contributed by atoms with E-state index in [2.05, 4.69) is 12.0 Å². The highest BCUT2D eigenvalue weighted by atomic mass is 16.5. The Labute approximate surface area is 102 Å². The van der Waals surface area contributed by atoms with Gasteiger partial charge in [0.15, 0.2) is 0 Å². The summed E-state index contributed by atoms with van der Waals surface area (Å²) in [6.07, 6.45) is 5.64. The molecule has 0 bridgehead atoms. The number of ketones is 1. The molecule has 0 radical (unpaired) electrons. The number of nitrogens with zero attached hydrogens (tertiary/aromatic N) is 2. The van der Waals surface area contributed by atoms with E-state index in [-0.39, 0.29) is 5.78 Å². The summed E-state index contributed by atoms with van der Waals surface area (Å²) in [6, 6.07) is 1.77. The number of aryl methyl sites for hydroxylation is 1. The van der Waals surface area contributed by atoms with Crippen LogP contribution in [0, 0.1) is 5.92 Å². The van der Waals surface area contributed by atoms with Gasteiger partial charge in [-0.15, -0.1) is 0 Å². The van der Waals surface area contributed by atoms with Crippen LogP contribution in [0.3, 0.4) is 0 Å². The van der Waals surface area contributed by atoms with Crippen LogP contribution in [0.15, 0.2) is 12.3 Å². The molecule has 4 heteroatoms. The fraction of sp³-hybridized carbons (Fsp3) is 0.692. The van der Waals surface area contributed by atoms with E-state index >= 15 is 0 Å². The molecule has 1 aliphatic carbocycles. The first-order chi connectivity index (χ1) is 8.07. The van der Waals surface area contributed by atoms with Crippen molar-refractivity contribution >= 4 is 5.78 Å². The molecule has 1 fully saturated rings. The van der Waals surface area contributed by atoms with Crippen LogP contribution in [-0.2, 0) is 11.8 Å². The summed E-state index contributed by atoms with van der Waals surface area (Å²) in [5, 5.41) is 4.19. The summed E-state index contributed by atoms with van der Waals surface area (Å²) >= 11 is 0. The third-order valence-electron chi connectivity index (χ3n) is 3.71. The first-order valence-corrected chi connectivity index (χ1v) is 6.17. The van der Waals surface area contributed by atoms with Crippen LogP contribution in [0.1, 0.15) is 43.1 Å². The highest BCUT2D eigenvalue weighted by Gasteiger charge is 2.43. The number of hydrogen-bond acceptors (Lipinski definition) is 3. The van der Waals surface area contributed by atoms with E-state index in [1.807, 2.05) is 7.05 Å². The van der Waals surface area contributed by atoms with Crippen molar-refractivity contribution in [1.29, 1.82) is 0 Å². The Balaban J connectivity index is 2.25. The van der Waals surface area contributed by atoms with Crippen molar-refractivity contribution in [3.63, 3.8) is 0 Å². The van der Waals surface area contributed by atoms with E-state index in [0.29, 0.717) is 11.6 Å². The monoisotopic (exact) mass is 236 g/mol. The number of rotatable bonds is 3. The average molecular weight is 236 g/mol. The molecule has 1 heterocycles. The number of Topliss-reactive ketones (excluding diaryl/α,β-unsaturated/α-hetero) is 1. The molecule has 0 aliphatic heterocycles. The lowest BCUT2D eigenvalue weighted by molar-refractivity contribution is -0.0306.